The summed E-state index contributed by atoms with van der Waals surface area (Å²) in [5.41, 5.74) is 2.37. The van der Waals surface area contributed by atoms with Gasteiger partial charge in [-0.05, 0) is 19.4 Å². The van der Waals surface area contributed by atoms with E-state index in [1.165, 1.54) is 6.07 Å². The van der Waals surface area contributed by atoms with Crippen LogP contribution in [-0.2, 0) is 0 Å². The second-order valence-electron chi connectivity index (χ2n) is 4.09. The molecule has 0 unspecified atom stereocenters. The predicted molar refractivity (Wildman–Crippen MR) is 78.8 cm³/mol. The van der Waals surface area contributed by atoms with Crippen molar-refractivity contribution in [2.45, 2.75) is 13.8 Å². The van der Waals surface area contributed by atoms with Crippen LogP contribution in [0.4, 0.5) is 0 Å². The van der Waals surface area contributed by atoms with Gasteiger partial charge in [0.15, 0.2) is 0 Å². The number of rotatable bonds is 3. The highest BCUT2D eigenvalue weighted by atomic mass is 16.1. The lowest BCUT2D eigenvalue weighted by Gasteiger charge is -2.05. The van der Waals surface area contributed by atoms with Crippen LogP contribution in [0.5, 0.6) is 0 Å². The Kier molecular flexibility index (Phi) is 4.08. The minimum absolute atomic E-state index is 0.146. The van der Waals surface area contributed by atoms with Crippen molar-refractivity contribution in [3.05, 3.63) is 70.7 Å². The molecule has 0 aliphatic carbocycles. The molecule has 19 heavy (non-hydrogen) atoms. The minimum Gasteiger partial charge on any atom is -0.306 e. The first-order valence-corrected chi connectivity index (χ1v) is 6.20. The van der Waals surface area contributed by atoms with Gasteiger partial charge in [-0.25, -0.2) is 4.98 Å². The maximum Gasteiger partial charge on any atom is 0.251 e. The number of aromatic amines is 1. The van der Waals surface area contributed by atoms with E-state index in [0.717, 1.165) is 11.1 Å². The molecule has 1 heterocycles. The highest BCUT2D eigenvalue weighted by Crippen LogP contribution is 2.17. The number of hydrogen-bond acceptors (Lipinski definition) is 2. The maximum absolute atomic E-state index is 11.8. The lowest BCUT2D eigenvalue weighted by molar-refractivity contribution is 1.11. The van der Waals surface area contributed by atoms with Crippen LogP contribution in [0.1, 0.15) is 19.5 Å². The normalized spacial score (nSPS) is 12.0. The summed E-state index contributed by atoms with van der Waals surface area (Å²) in [6.07, 6.45) is 5.81. The van der Waals surface area contributed by atoms with Gasteiger partial charge in [0.1, 0.15) is 5.82 Å². The van der Waals surface area contributed by atoms with Gasteiger partial charge in [0, 0.05) is 11.6 Å². The van der Waals surface area contributed by atoms with Crippen LogP contribution in [0.2, 0.25) is 0 Å². The molecule has 0 fully saturated rings. The summed E-state index contributed by atoms with van der Waals surface area (Å²) >= 11 is 0. The molecule has 2 aromatic rings. The van der Waals surface area contributed by atoms with E-state index < -0.39 is 0 Å². The monoisotopic (exact) mass is 252 g/mol. The van der Waals surface area contributed by atoms with Crippen LogP contribution in [0.15, 0.2) is 59.4 Å². The van der Waals surface area contributed by atoms with E-state index in [1.54, 1.807) is 0 Å². The zero-order valence-corrected chi connectivity index (χ0v) is 11.1. The molecule has 0 aliphatic heterocycles. The van der Waals surface area contributed by atoms with Gasteiger partial charge < -0.3 is 4.98 Å². The highest BCUT2D eigenvalue weighted by Gasteiger charge is 2.05. The summed E-state index contributed by atoms with van der Waals surface area (Å²) < 4.78 is 0. The first kappa shape index (κ1) is 13.0. The van der Waals surface area contributed by atoms with E-state index in [9.17, 15) is 4.79 Å². The summed E-state index contributed by atoms with van der Waals surface area (Å²) in [6.45, 7) is 3.87. The Balaban J connectivity index is 2.55. The minimum atomic E-state index is -0.146. The molecule has 1 aromatic heterocycles. The summed E-state index contributed by atoms with van der Waals surface area (Å²) in [7, 11) is 0. The van der Waals surface area contributed by atoms with Crippen molar-refractivity contribution >= 4 is 5.57 Å². The number of nitrogens with one attached hydrogen (secondary N) is 1. The molecule has 0 saturated heterocycles. The first-order valence-electron chi connectivity index (χ1n) is 6.20. The van der Waals surface area contributed by atoms with E-state index in [4.69, 9.17) is 0 Å². The number of hydrogen-bond donors (Lipinski definition) is 1. The van der Waals surface area contributed by atoms with Gasteiger partial charge in [0.25, 0.3) is 5.56 Å². The third kappa shape index (κ3) is 3.07. The average Bonchev–Trinajstić information content (AvgIpc) is 2.45. The standard InChI is InChI=1S/C16H16N2O/c1-3-8-12(4-2)14-11-15(19)18-16(17-14)13-9-6-5-7-10-13/h3-11H,1-2H3,(H,17,18,19)/b8-3-,12-4+. The molecular formula is C16H16N2O. The van der Waals surface area contributed by atoms with Crippen LogP contribution in [-0.4, -0.2) is 9.97 Å². The van der Waals surface area contributed by atoms with Crippen molar-refractivity contribution in [1.82, 2.24) is 9.97 Å². The molecule has 0 spiro atoms. The third-order valence-electron chi connectivity index (χ3n) is 2.74. The molecule has 0 aliphatic rings. The third-order valence-corrected chi connectivity index (χ3v) is 2.74. The molecule has 0 atom stereocenters. The quantitative estimate of drug-likeness (QED) is 0.851. The molecule has 2 rings (SSSR count). The predicted octanol–water partition coefficient (Wildman–Crippen LogP) is 3.42. The van der Waals surface area contributed by atoms with Gasteiger partial charge in [-0.3, -0.25) is 4.79 Å². The topological polar surface area (TPSA) is 45.8 Å². The number of H-pyrrole nitrogens is 1. The molecule has 0 saturated carbocycles. The van der Waals surface area contributed by atoms with Gasteiger partial charge in [-0.15, -0.1) is 0 Å². The largest absolute Gasteiger partial charge is 0.306 e. The molecule has 96 valence electrons. The average molecular weight is 252 g/mol. The van der Waals surface area contributed by atoms with Crippen molar-refractivity contribution in [2.75, 3.05) is 0 Å². The zero-order valence-electron chi connectivity index (χ0n) is 11.1. The van der Waals surface area contributed by atoms with Gasteiger partial charge in [0.05, 0.1) is 5.69 Å². The fraction of sp³-hybridized carbons (Fsp3) is 0.125. The zero-order chi connectivity index (χ0) is 13.7. The molecule has 3 heteroatoms. The summed E-state index contributed by atoms with van der Waals surface area (Å²) in [5.74, 6) is 0.590. The number of aromatic nitrogens is 2. The Labute approximate surface area is 112 Å². The second-order valence-corrected chi connectivity index (χ2v) is 4.09. The Morgan fingerprint density at radius 1 is 1.21 bits per heavy atom. The van der Waals surface area contributed by atoms with E-state index in [2.05, 4.69) is 9.97 Å². The Morgan fingerprint density at radius 3 is 2.58 bits per heavy atom. The molecular weight excluding hydrogens is 236 g/mol. The maximum atomic E-state index is 11.8. The van der Waals surface area contributed by atoms with Crippen molar-refractivity contribution in [3.8, 4) is 11.4 Å². The summed E-state index contributed by atoms with van der Waals surface area (Å²) in [5, 5.41) is 0. The van der Waals surface area contributed by atoms with E-state index in [0.29, 0.717) is 11.5 Å². The Morgan fingerprint density at radius 2 is 1.95 bits per heavy atom. The van der Waals surface area contributed by atoms with E-state index >= 15 is 0 Å². The molecule has 1 N–H and O–H groups in total. The molecule has 1 aromatic carbocycles. The Bertz CT molecular complexity index is 667. The molecule has 0 radical (unpaired) electrons. The number of nitrogens with zero attached hydrogens (tertiary/aromatic N) is 1. The van der Waals surface area contributed by atoms with E-state index in [-0.39, 0.29) is 5.56 Å². The fourth-order valence-corrected chi connectivity index (χ4v) is 1.85. The molecule has 0 bridgehead atoms. The fourth-order valence-electron chi connectivity index (χ4n) is 1.85. The smallest absolute Gasteiger partial charge is 0.251 e. The van der Waals surface area contributed by atoms with Gasteiger partial charge >= 0.3 is 0 Å². The lowest BCUT2D eigenvalue weighted by atomic mass is 10.1. The van der Waals surface area contributed by atoms with Crippen LogP contribution < -0.4 is 5.56 Å². The highest BCUT2D eigenvalue weighted by molar-refractivity contribution is 5.72. The van der Waals surface area contributed by atoms with Crippen molar-refractivity contribution < 1.29 is 0 Å². The Hall–Kier alpha value is -2.42. The molecule has 3 nitrogen and oxygen atoms in total. The summed E-state index contributed by atoms with van der Waals surface area (Å²) in [4.78, 5) is 19.0. The van der Waals surface area contributed by atoms with Gasteiger partial charge in [-0.2, -0.15) is 0 Å². The van der Waals surface area contributed by atoms with Gasteiger partial charge in [0.2, 0.25) is 0 Å². The van der Waals surface area contributed by atoms with Crippen LogP contribution in [0, 0.1) is 0 Å². The number of benzene rings is 1. The van der Waals surface area contributed by atoms with Gasteiger partial charge in [-0.1, -0.05) is 48.6 Å². The van der Waals surface area contributed by atoms with Crippen molar-refractivity contribution in [1.29, 1.82) is 0 Å². The second kappa shape index (κ2) is 5.96. The first-order chi connectivity index (χ1) is 9.24. The van der Waals surface area contributed by atoms with Crippen LogP contribution in [0.3, 0.4) is 0 Å². The SMILES string of the molecule is C/C=C\C(=C/C)c1cc(=O)[nH]c(-c2ccccc2)n1. The summed E-state index contributed by atoms with van der Waals surface area (Å²) in [6, 6.07) is 11.1. The van der Waals surface area contributed by atoms with Crippen LogP contribution in [0.25, 0.3) is 17.0 Å². The lowest BCUT2D eigenvalue weighted by Crippen LogP contribution is -2.09. The van der Waals surface area contributed by atoms with Crippen molar-refractivity contribution in [3.63, 3.8) is 0 Å². The van der Waals surface area contributed by atoms with Crippen LogP contribution >= 0.6 is 0 Å². The molecule has 0 amide bonds. The number of allylic oxidation sites excluding steroid dienone is 4. The van der Waals surface area contributed by atoms with E-state index in [1.807, 2.05) is 62.4 Å². The van der Waals surface area contributed by atoms with Crippen molar-refractivity contribution in [2.24, 2.45) is 0 Å².